The quantitative estimate of drug-likeness (QED) is 0.601. The number of pyridine rings is 1. The predicted molar refractivity (Wildman–Crippen MR) is 127 cm³/mol. The molecule has 2 amide bonds. The van der Waals surface area contributed by atoms with Crippen LogP contribution in [0.2, 0.25) is 0 Å². The molecular formula is C25H28N4O3. The van der Waals surface area contributed by atoms with Crippen molar-refractivity contribution >= 4 is 39.9 Å². The fourth-order valence-corrected chi connectivity index (χ4v) is 4.02. The summed E-state index contributed by atoms with van der Waals surface area (Å²) in [5, 5.41) is 6.47. The number of rotatable bonds is 6. The number of fused-ring (bicyclic) bond motifs is 1. The first-order valence-corrected chi connectivity index (χ1v) is 10.9. The van der Waals surface area contributed by atoms with Gasteiger partial charge in [-0.15, -0.1) is 0 Å². The maximum absolute atomic E-state index is 12.5. The SMILES string of the molecule is CC(=O)Nc1cccc(NC(=O)COc2cccc3ccc(N4CCCC(C)C4)nc23)c1. The molecule has 1 atom stereocenters. The van der Waals surface area contributed by atoms with Crippen LogP contribution in [0.4, 0.5) is 17.2 Å². The summed E-state index contributed by atoms with van der Waals surface area (Å²) in [7, 11) is 0. The highest BCUT2D eigenvalue weighted by Crippen LogP contribution is 2.28. The van der Waals surface area contributed by atoms with Gasteiger partial charge < -0.3 is 20.3 Å². The van der Waals surface area contributed by atoms with Crippen molar-refractivity contribution in [3.8, 4) is 5.75 Å². The average Bonchev–Trinajstić information content (AvgIpc) is 2.77. The summed E-state index contributed by atoms with van der Waals surface area (Å²) in [4.78, 5) is 30.9. The Labute approximate surface area is 187 Å². The number of piperidine rings is 1. The van der Waals surface area contributed by atoms with E-state index in [1.807, 2.05) is 18.2 Å². The Hall–Kier alpha value is -3.61. The zero-order valence-corrected chi connectivity index (χ0v) is 18.4. The van der Waals surface area contributed by atoms with E-state index >= 15 is 0 Å². The summed E-state index contributed by atoms with van der Waals surface area (Å²) in [6.45, 7) is 5.57. The first kappa shape index (κ1) is 21.6. The van der Waals surface area contributed by atoms with Crippen LogP contribution >= 0.6 is 0 Å². The third-order valence-corrected chi connectivity index (χ3v) is 5.48. The minimum atomic E-state index is -0.289. The Morgan fingerprint density at radius 2 is 1.88 bits per heavy atom. The van der Waals surface area contributed by atoms with Crippen molar-refractivity contribution in [1.82, 2.24) is 4.98 Å². The number of aromatic nitrogens is 1. The predicted octanol–water partition coefficient (Wildman–Crippen LogP) is 4.45. The highest BCUT2D eigenvalue weighted by molar-refractivity contribution is 5.94. The van der Waals surface area contributed by atoms with Crippen LogP contribution in [0, 0.1) is 5.92 Å². The maximum Gasteiger partial charge on any atom is 0.262 e. The molecule has 1 fully saturated rings. The molecule has 1 saturated heterocycles. The minimum absolute atomic E-state index is 0.143. The van der Waals surface area contributed by atoms with Gasteiger partial charge in [0, 0.05) is 36.8 Å². The second kappa shape index (κ2) is 9.68. The smallest absolute Gasteiger partial charge is 0.262 e. The summed E-state index contributed by atoms with van der Waals surface area (Å²) in [5.41, 5.74) is 1.96. The van der Waals surface area contributed by atoms with E-state index in [-0.39, 0.29) is 18.4 Å². The van der Waals surface area contributed by atoms with Crippen LogP contribution < -0.4 is 20.3 Å². The van der Waals surface area contributed by atoms with E-state index < -0.39 is 0 Å². The van der Waals surface area contributed by atoms with Crippen LogP contribution in [0.5, 0.6) is 5.75 Å². The lowest BCUT2D eigenvalue weighted by atomic mass is 10.0. The van der Waals surface area contributed by atoms with Gasteiger partial charge in [-0.2, -0.15) is 0 Å². The summed E-state index contributed by atoms with van der Waals surface area (Å²) < 4.78 is 5.85. The normalized spacial score (nSPS) is 15.9. The van der Waals surface area contributed by atoms with Crippen molar-refractivity contribution in [3.05, 3.63) is 54.6 Å². The number of anilines is 3. The number of hydrogen-bond donors (Lipinski definition) is 2. The zero-order valence-electron chi connectivity index (χ0n) is 18.4. The molecule has 4 rings (SSSR count). The number of amides is 2. The zero-order chi connectivity index (χ0) is 22.5. The van der Waals surface area contributed by atoms with Crippen molar-refractivity contribution < 1.29 is 14.3 Å². The Morgan fingerprint density at radius 3 is 2.66 bits per heavy atom. The minimum Gasteiger partial charge on any atom is -0.481 e. The fourth-order valence-electron chi connectivity index (χ4n) is 4.02. The molecule has 0 spiro atoms. The van der Waals surface area contributed by atoms with E-state index in [0.717, 1.165) is 29.8 Å². The van der Waals surface area contributed by atoms with Gasteiger partial charge in [-0.05, 0) is 55.2 Å². The van der Waals surface area contributed by atoms with Crippen LogP contribution in [0.15, 0.2) is 54.6 Å². The molecule has 7 heteroatoms. The van der Waals surface area contributed by atoms with Crippen molar-refractivity contribution in [2.45, 2.75) is 26.7 Å². The molecule has 0 bridgehead atoms. The molecule has 1 unspecified atom stereocenters. The van der Waals surface area contributed by atoms with Gasteiger partial charge in [0.15, 0.2) is 6.61 Å². The second-order valence-electron chi connectivity index (χ2n) is 8.29. The molecular weight excluding hydrogens is 404 g/mol. The monoisotopic (exact) mass is 432 g/mol. The molecule has 0 radical (unpaired) electrons. The van der Waals surface area contributed by atoms with Gasteiger partial charge in [0.05, 0.1) is 0 Å². The van der Waals surface area contributed by atoms with Gasteiger partial charge in [-0.3, -0.25) is 9.59 Å². The highest BCUT2D eigenvalue weighted by atomic mass is 16.5. The lowest BCUT2D eigenvalue weighted by Gasteiger charge is -2.32. The number of ether oxygens (including phenoxy) is 1. The topological polar surface area (TPSA) is 83.6 Å². The van der Waals surface area contributed by atoms with Gasteiger partial charge in [-0.1, -0.05) is 25.1 Å². The Balaban J connectivity index is 1.45. The van der Waals surface area contributed by atoms with Crippen molar-refractivity contribution in [1.29, 1.82) is 0 Å². The van der Waals surface area contributed by atoms with Gasteiger partial charge in [-0.25, -0.2) is 4.98 Å². The molecule has 0 aliphatic carbocycles. The third-order valence-electron chi connectivity index (χ3n) is 5.48. The van der Waals surface area contributed by atoms with Crippen molar-refractivity contribution in [2.75, 3.05) is 35.2 Å². The Morgan fingerprint density at radius 1 is 1.09 bits per heavy atom. The molecule has 1 aliphatic heterocycles. The Bertz CT molecular complexity index is 1130. The summed E-state index contributed by atoms with van der Waals surface area (Å²) >= 11 is 0. The molecule has 3 aromatic rings. The first-order chi connectivity index (χ1) is 15.5. The maximum atomic E-state index is 12.5. The van der Waals surface area contributed by atoms with E-state index in [0.29, 0.717) is 23.0 Å². The summed E-state index contributed by atoms with van der Waals surface area (Å²) in [6, 6.07) is 16.8. The fraction of sp³-hybridized carbons (Fsp3) is 0.320. The number of benzene rings is 2. The summed E-state index contributed by atoms with van der Waals surface area (Å²) in [5.74, 6) is 1.72. The first-order valence-electron chi connectivity index (χ1n) is 10.9. The van der Waals surface area contributed by atoms with Crippen LogP contribution in [0.3, 0.4) is 0 Å². The van der Waals surface area contributed by atoms with E-state index in [1.165, 1.54) is 19.8 Å². The number of carbonyl (C=O) groups is 2. The van der Waals surface area contributed by atoms with Gasteiger partial charge >= 0.3 is 0 Å². The number of para-hydroxylation sites is 1. The molecule has 166 valence electrons. The number of hydrogen-bond acceptors (Lipinski definition) is 5. The Kier molecular flexibility index (Phi) is 6.54. The van der Waals surface area contributed by atoms with Gasteiger partial charge in [0.1, 0.15) is 17.1 Å². The van der Waals surface area contributed by atoms with E-state index in [1.54, 1.807) is 24.3 Å². The standard InChI is InChI=1S/C25H28N4O3/c1-17-6-5-13-29(15-17)23-12-11-19-7-3-10-22(25(19)28-23)32-16-24(31)27-21-9-4-8-20(14-21)26-18(2)30/h3-4,7-12,14,17H,5-6,13,15-16H2,1-2H3,(H,26,30)(H,27,31). The molecule has 32 heavy (non-hydrogen) atoms. The van der Waals surface area contributed by atoms with E-state index in [2.05, 4.69) is 34.6 Å². The largest absolute Gasteiger partial charge is 0.481 e. The van der Waals surface area contributed by atoms with Crippen LogP contribution in [-0.2, 0) is 9.59 Å². The number of carbonyl (C=O) groups excluding carboxylic acids is 2. The van der Waals surface area contributed by atoms with Crippen LogP contribution in [-0.4, -0.2) is 36.5 Å². The molecule has 2 heterocycles. The van der Waals surface area contributed by atoms with E-state index in [9.17, 15) is 9.59 Å². The summed E-state index contributed by atoms with van der Waals surface area (Å²) in [6.07, 6.45) is 2.42. The van der Waals surface area contributed by atoms with Crippen LogP contribution in [0.1, 0.15) is 26.7 Å². The molecule has 7 nitrogen and oxygen atoms in total. The van der Waals surface area contributed by atoms with Crippen LogP contribution in [0.25, 0.3) is 10.9 Å². The average molecular weight is 433 g/mol. The van der Waals surface area contributed by atoms with Crippen molar-refractivity contribution in [3.63, 3.8) is 0 Å². The molecule has 1 aromatic heterocycles. The van der Waals surface area contributed by atoms with Crippen molar-refractivity contribution in [2.24, 2.45) is 5.92 Å². The highest BCUT2D eigenvalue weighted by Gasteiger charge is 2.18. The van der Waals surface area contributed by atoms with E-state index in [4.69, 9.17) is 9.72 Å². The lowest BCUT2D eigenvalue weighted by molar-refractivity contribution is -0.118. The number of nitrogens with one attached hydrogen (secondary N) is 2. The second-order valence-corrected chi connectivity index (χ2v) is 8.29. The third kappa shape index (κ3) is 5.35. The van der Waals surface area contributed by atoms with Gasteiger partial charge in [0.25, 0.3) is 5.91 Å². The molecule has 0 saturated carbocycles. The lowest BCUT2D eigenvalue weighted by Crippen LogP contribution is -2.34. The molecule has 2 aromatic carbocycles. The molecule has 1 aliphatic rings. The van der Waals surface area contributed by atoms with Gasteiger partial charge in [0.2, 0.25) is 5.91 Å². The molecule has 2 N–H and O–H groups in total. The number of nitrogens with zero attached hydrogens (tertiary/aromatic N) is 2.